The van der Waals surface area contributed by atoms with Crippen LogP contribution < -0.4 is 10.5 Å². The third-order valence-corrected chi connectivity index (χ3v) is 3.11. The van der Waals surface area contributed by atoms with Crippen LogP contribution in [-0.4, -0.2) is 24.7 Å². The van der Waals surface area contributed by atoms with Gasteiger partial charge in [0.1, 0.15) is 11.3 Å². The summed E-state index contributed by atoms with van der Waals surface area (Å²) in [5.41, 5.74) is 7.31. The second-order valence-corrected chi connectivity index (χ2v) is 4.98. The van der Waals surface area contributed by atoms with Gasteiger partial charge < -0.3 is 15.2 Å². The van der Waals surface area contributed by atoms with Crippen molar-refractivity contribution in [3.05, 3.63) is 29.3 Å². The molecule has 1 unspecified atom stereocenters. The molecular weight excluding hydrogens is 242 g/mol. The van der Waals surface area contributed by atoms with Gasteiger partial charge in [0.05, 0.1) is 13.2 Å². The minimum atomic E-state index is -1.00. The quantitative estimate of drug-likeness (QED) is 0.802. The lowest BCUT2D eigenvalue weighted by Crippen LogP contribution is -2.47. The van der Waals surface area contributed by atoms with Crippen molar-refractivity contribution in [1.82, 2.24) is 0 Å². The van der Waals surface area contributed by atoms with Gasteiger partial charge in [0.2, 0.25) is 0 Å². The van der Waals surface area contributed by atoms with E-state index in [2.05, 4.69) is 6.92 Å². The number of rotatable bonds is 6. The molecule has 0 fully saturated rings. The van der Waals surface area contributed by atoms with Crippen molar-refractivity contribution in [2.75, 3.05) is 13.2 Å². The number of ether oxygens (including phenoxy) is 2. The van der Waals surface area contributed by atoms with Crippen LogP contribution in [0.1, 0.15) is 31.4 Å². The zero-order valence-electron chi connectivity index (χ0n) is 12.2. The fraction of sp³-hybridized carbons (Fsp3) is 0.533. The highest BCUT2D eigenvalue weighted by molar-refractivity contribution is 5.79. The van der Waals surface area contributed by atoms with Crippen molar-refractivity contribution < 1.29 is 14.3 Å². The lowest BCUT2D eigenvalue weighted by Gasteiger charge is -2.22. The van der Waals surface area contributed by atoms with Crippen LogP contribution in [0.2, 0.25) is 0 Å². The number of esters is 1. The van der Waals surface area contributed by atoms with Gasteiger partial charge >= 0.3 is 5.97 Å². The molecule has 4 nitrogen and oxygen atoms in total. The van der Waals surface area contributed by atoms with Crippen LogP contribution in [0.3, 0.4) is 0 Å². The van der Waals surface area contributed by atoms with E-state index in [1.165, 1.54) is 11.1 Å². The summed E-state index contributed by atoms with van der Waals surface area (Å²) < 4.78 is 10.5. The molecule has 0 bridgehead atoms. The molecule has 0 spiro atoms. The summed E-state index contributed by atoms with van der Waals surface area (Å²) in [5.74, 6) is 0.404. The van der Waals surface area contributed by atoms with Gasteiger partial charge in [-0.15, -0.1) is 0 Å². The Labute approximate surface area is 114 Å². The first-order chi connectivity index (χ1) is 8.86. The Morgan fingerprint density at radius 2 is 2.00 bits per heavy atom. The van der Waals surface area contributed by atoms with Crippen LogP contribution in [0, 0.1) is 13.8 Å². The molecule has 1 rings (SSSR count). The van der Waals surface area contributed by atoms with E-state index in [-0.39, 0.29) is 0 Å². The minimum Gasteiger partial charge on any atom is -0.493 e. The Morgan fingerprint density at radius 3 is 2.58 bits per heavy atom. The van der Waals surface area contributed by atoms with Crippen molar-refractivity contribution in [3.8, 4) is 5.75 Å². The van der Waals surface area contributed by atoms with Crippen LogP contribution in [0.4, 0.5) is 0 Å². The van der Waals surface area contributed by atoms with Crippen LogP contribution in [0.15, 0.2) is 18.2 Å². The summed E-state index contributed by atoms with van der Waals surface area (Å²) in [5, 5.41) is 0. The number of carbonyl (C=O) groups is 1. The van der Waals surface area contributed by atoms with Gasteiger partial charge in [0.25, 0.3) is 0 Å². The van der Waals surface area contributed by atoms with E-state index >= 15 is 0 Å². The largest absolute Gasteiger partial charge is 0.493 e. The second kappa shape index (κ2) is 6.57. The van der Waals surface area contributed by atoms with Gasteiger partial charge in [0.15, 0.2) is 0 Å². The third-order valence-electron chi connectivity index (χ3n) is 3.11. The molecule has 0 heterocycles. The minimum absolute atomic E-state index is 0.337. The lowest BCUT2D eigenvalue weighted by atomic mass is 10.0. The Kier molecular flexibility index (Phi) is 5.36. The number of aryl methyl sites for hydroxylation is 2. The number of carbonyl (C=O) groups excluding carboxylic acids is 1. The predicted octanol–water partition coefficient (Wildman–Crippen LogP) is 2.35. The van der Waals surface area contributed by atoms with E-state index in [1.54, 1.807) is 13.8 Å². The van der Waals surface area contributed by atoms with Gasteiger partial charge in [-0.05, 0) is 51.0 Å². The van der Waals surface area contributed by atoms with Gasteiger partial charge in [-0.25, -0.2) is 0 Å². The summed E-state index contributed by atoms with van der Waals surface area (Å²) >= 11 is 0. The van der Waals surface area contributed by atoms with E-state index in [0.29, 0.717) is 19.6 Å². The van der Waals surface area contributed by atoms with Crippen LogP contribution in [0.5, 0.6) is 5.75 Å². The van der Waals surface area contributed by atoms with Crippen LogP contribution in [0.25, 0.3) is 0 Å². The molecule has 106 valence electrons. The topological polar surface area (TPSA) is 61.5 Å². The average molecular weight is 265 g/mol. The average Bonchev–Trinajstić information content (AvgIpc) is 2.34. The molecule has 0 aliphatic carbocycles. The monoisotopic (exact) mass is 265 g/mol. The van der Waals surface area contributed by atoms with E-state index in [9.17, 15) is 4.79 Å². The molecule has 19 heavy (non-hydrogen) atoms. The molecular formula is C15H23NO3. The van der Waals surface area contributed by atoms with Gasteiger partial charge in [0, 0.05) is 6.42 Å². The Morgan fingerprint density at radius 1 is 1.32 bits per heavy atom. The van der Waals surface area contributed by atoms with E-state index in [4.69, 9.17) is 15.2 Å². The van der Waals surface area contributed by atoms with Gasteiger partial charge in [-0.3, -0.25) is 4.79 Å². The van der Waals surface area contributed by atoms with Crippen molar-refractivity contribution >= 4 is 5.97 Å². The van der Waals surface area contributed by atoms with Gasteiger partial charge in [-0.2, -0.15) is 0 Å². The molecule has 0 aliphatic heterocycles. The fourth-order valence-corrected chi connectivity index (χ4v) is 1.58. The Bertz CT molecular complexity index is 441. The van der Waals surface area contributed by atoms with E-state index in [0.717, 1.165) is 5.75 Å². The number of nitrogens with two attached hydrogens (primary N) is 1. The maximum Gasteiger partial charge on any atom is 0.325 e. The highest BCUT2D eigenvalue weighted by Gasteiger charge is 2.29. The standard InChI is InChI=1S/C15H23NO3/c1-5-18-14(17)15(4,16)8-9-19-13-7-6-11(2)12(3)10-13/h6-7,10H,5,8-9,16H2,1-4H3. The Balaban J connectivity index is 2.49. The summed E-state index contributed by atoms with van der Waals surface area (Å²) in [6.45, 7) is 8.23. The van der Waals surface area contributed by atoms with E-state index in [1.807, 2.05) is 25.1 Å². The molecule has 1 aromatic rings. The predicted molar refractivity (Wildman–Crippen MR) is 75.3 cm³/mol. The van der Waals surface area contributed by atoms with Crippen molar-refractivity contribution in [2.24, 2.45) is 5.73 Å². The first kappa shape index (κ1) is 15.5. The van der Waals surface area contributed by atoms with Crippen LogP contribution >= 0.6 is 0 Å². The zero-order chi connectivity index (χ0) is 14.5. The summed E-state index contributed by atoms with van der Waals surface area (Å²) in [6.07, 6.45) is 0.415. The van der Waals surface area contributed by atoms with Crippen molar-refractivity contribution in [1.29, 1.82) is 0 Å². The van der Waals surface area contributed by atoms with Crippen molar-refractivity contribution in [3.63, 3.8) is 0 Å². The normalized spacial score (nSPS) is 13.7. The molecule has 0 radical (unpaired) electrons. The molecule has 0 amide bonds. The molecule has 1 atom stereocenters. The van der Waals surface area contributed by atoms with Crippen molar-refractivity contribution in [2.45, 2.75) is 39.7 Å². The zero-order valence-corrected chi connectivity index (χ0v) is 12.2. The Hall–Kier alpha value is -1.55. The summed E-state index contributed by atoms with van der Waals surface area (Å²) in [4.78, 5) is 11.6. The maximum absolute atomic E-state index is 11.6. The maximum atomic E-state index is 11.6. The smallest absolute Gasteiger partial charge is 0.325 e. The third kappa shape index (κ3) is 4.56. The lowest BCUT2D eigenvalue weighted by molar-refractivity contribution is -0.149. The molecule has 1 aromatic carbocycles. The first-order valence-corrected chi connectivity index (χ1v) is 6.53. The summed E-state index contributed by atoms with van der Waals surface area (Å²) in [6, 6.07) is 5.91. The van der Waals surface area contributed by atoms with Gasteiger partial charge in [-0.1, -0.05) is 6.07 Å². The highest BCUT2D eigenvalue weighted by Crippen LogP contribution is 2.17. The highest BCUT2D eigenvalue weighted by atomic mass is 16.5. The SMILES string of the molecule is CCOC(=O)C(C)(N)CCOc1ccc(C)c(C)c1. The molecule has 4 heteroatoms. The molecule has 0 aromatic heterocycles. The van der Waals surface area contributed by atoms with E-state index < -0.39 is 11.5 Å². The van der Waals surface area contributed by atoms with Crippen LogP contribution in [-0.2, 0) is 9.53 Å². The molecule has 0 aliphatic rings. The number of benzene rings is 1. The number of hydrogen-bond donors (Lipinski definition) is 1. The first-order valence-electron chi connectivity index (χ1n) is 6.53. The fourth-order valence-electron chi connectivity index (χ4n) is 1.58. The molecule has 2 N–H and O–H groups in total. The summed E-state index contributed by atoms with van der Waals surface area (Å²) in [7, 11) is 0. The molecule has 0 saturated carbocycles. The second-order valence-electron chi connectivity index (χ2n) is 4.98. The molecule has 0 saturated heterocycles. The number of hydrogen-bond acceptors (Lipinski definition) is 4.